The highest BCUT2D eigenvalue weighted by atomic mass is 16.5. The number of aliphatic hydroxyl groups excluding tert-OH is 3. The molecule has 0 aliphatic heterocycles. The molecule has 7 heteroatoms. The number of rotatable bonds is 7. The number of aliphatic hydroxyl groups is 3. The fraction of sp³-hybridized carbons (Fsp3) is 0.417. The van der Waals surface area contributed by atoms with E-state index in [1.165, 1.54) is 0 Å². The number of hydrogen-bond acceptors (Lipinski definition) is 6. The lowest BCUT2D eigenvalue weighted by Crippen LogP contribution is -2.34. The zero-order chi connectivity index (χ0) is 14.3. The number of hydrogen-bond donors (Lipinski definition) is 5. The van der Waals surface area contributed by atoms with Crippen LogP contribution >= 0.6 is 0 Å². The Balaban J connectivity index is 2.80. The summed E-state index contributed by atoms with van der Waals surface area (Å²) < 4.78 is 5.21. The van der Waals surface area contributed by atoms with Crippen LogP contribution in [0.15, 0.2) is 24.3 Å². The molecule has 0 radical (unpaired) electrons. The van der Waals surface area contributed by atoms with Crippen molar-refractivity contribution in [2.45, 2.75) is 18.6 Å². The van der Waals surface area contributed by atoms with E-state index in [1.807, 2.05) is 5.43 Å². The highest BCUT2D eigenvalue weighted by Gasteiger charge is 2.21. The normalized spacial score (nSPS) is 13.7. The molecule has 1 aromatic rings. The van der Waals surface area contributed by atoms with E-state index in [1.54, 1.807) is 24.3 Å². The maximum absolute atomic E-state index is 11.0. The van der Waals surface area contributed by atoms with Crippen molar-refractivity contribution < 1.29 is 24.9 Å². The Hall–Kier alpha value is -1.67. The summed E-state index contributed by atoms with van der Waals surface area (Å²) in [6.45, 7) is -0.535. The summed E-state index contributed by atoms with van der Waals surface area (Å²) in [4.78, 5) is 11.0. The highest BCUT2D eigenvalue weighted by molar-refractivity contribution is 5.76. The minimum Gasteiger partial charge on any atom is -0.483 e. The first kappa shape index (κ1) is 15.4. The number of nitrogens with one attached hydrogen (secondary N) is 1. The molecule has 106 valence electrons. The largest absolute Gasteiger partial charge is 0.483 e. The van der Waals surface area contributed by atoms with Crippen LogP contribution in [0.5, 0.6) is 5.75 Å². The van der Waals surface area contributed by atoms with E-state index in [4.69, 9.17) is 15.7 Å². The van der Waals surface area contributed by atoms with Crippen LogP contribution in [0, 0.1) is 0 Å². The van der Waals surface area contributed by atoms with Gasteiger partial charge >= 0.3 is 0 Å². The number of carbonyl (C=O) groups is 1. The Labute approximate surface area is 110 Å². The highest BCUT2D eigenvalue weighted by Crippen LogP contribution is 2.28. The van der Waals surface area contributed by atoms with Crippen LogP contribution in [0.4, 0.5) is 0 Å². The molecule has 0 aliphatic carbocycles. The summed E-state index contributed by atoms with van der Waals surface area (Å²) >= 11 is 0. The van der Waals surface area contributed by atoms with E-state index in [2.05, 4.69) is 0 Å². The average Bonchev–Trinajstić information content (AvgIpc) is 2.44. The zero-order valence-corrected chi connectivity index (χ0v) is 10.3. The van der Waals surface area contributed by atoms with Gasteiger partial charge < -0.3 is 20.1 Å². The standard InChI is InChI=1S/C12H18N2O5/c13-14-11(17)7-19-10-4-2-1-3-8(10)12(18)9(16)5-6-15/h1-4,9,12,15-16,18H,5-7,13H2,(H,14,17). The summed E-state index contributed by atoms with van der Waals surface area (Å²) in [6.07, 6.45) is -2.28. The summed E-state index contributed by atoms with van der Waals surface area (Å²) in [5, 5.41) is 28.4. The molecule has 0 saturated heterocycles. The molecule has 1 rings (SSSR count). The molecule has 0 bridgehead atoms. The Morgan fingerprint density at radius 3 is 2.68 bits per heavy atom. The second kappa shape index (κ2) is 7.70. The number of hydrazine groups is 1. The first-order chi connectivity index (χ1) is 9.10. The van der Waals surface area contributed by atoms with Gasteiger partial charge in [-0.05, 0) is 12.5 Å². The SMILES string of the molecule is NNC(=O)COc1ccccc1C(O)C(O)CCO. The molecule has 0 saturated carbocycles. The van der Waals surface area contributed by atoms with Crippen LogP contribution in [0.25, 0.3) is 0 Å². The molecule has 0 fully saturated rings. The third-order valence-electron chi connectivity index (χ3n) is 2.55. The zero-order valence-electron chi connectivity index (χ0n) is 10.3. The number of para-hydroxylation sites is 1. The minimum absolute atomic E-state index is 0.0405. The summed E-state index contributed by atoms with van der Waals surface area (Å²) in [5.41, 5.74) is 2.26. The maximum Gasteiger partial charge on any atom is 0.271 e. The van der Waals surface area contributed by atoms with Gasteiger partial charge in [0.25, 0.3) is 5.91 Å². The van der Waals surface area contributed by atoms with Gasteiger partial charge in [-0.15, -0.1) is 0 Å². The molecule has 0 heterocycles. The van der Waals surface area contributed by atoms with Gasteiger partial charge in [0.1, 0.15) is 11.9 Å². The van der Waals surface area contributed by atoms with Crippen LogP contribution in [0.3, 0.4) is 0 Å². The third-order valence-corrected chi connectivity index (χ3v) is 2.55. The predicted molar refractivity (Wildman–Crippen MR) is 66.9 cm³/mol. The fourth-order valence-corrected chi connectivity index (χ4v) is 1.54. The first-order valence-corrected chi connectivity index (χ1v) is 5.78. The lowest BCUT2D eigenvalue weighted by atomic mass is 10.0. The lowest BCUT2D eigenvalue weighted by Gasteiger charge is -2.20. The minimum atomic E-state index is -1.20. The van der Waals surface area contributed by atoms with Crippen molar-refractivity contribution in [3.8, 4) is 5.75 Å². The Morgan fingerprint density at radius 2 is 2.05 bits per heavy atom. The number of carbonyl (C=O) groups excluding carboxylic acids is 1. The second-order valence-electron chi connectivity index (χ2n) is 3.92. The molecule has 19 heavy (non-hydrogen) atoms. The quantitative estimate of drug-likeness (QED) is 0.241. The van der Waals surface area contributed by atoms with E-state index >= 15 is 0 Å². The van der Waals surface area contributed by atoms with Gasteiger partial charge in [0.05, 0.1) is 6.10 Å². The van der Waals surface area contributed by atoms with Gasteiger partial charge in [-0.1, -0.05) is 18.2 Å². The molecule has 6 N–H and O–H groups in total. The molecule has 0 aromatic heterocycles. The van der Waals surface area contributed by atoms with Crippen LogP contribution in [-0.2, 0) is 4.79 Å². The van der Waals surface area contributed by atoms with Gasteiger partial charge in [-0.2, -0.15) is 0 Å². The fourth-order valence-electron chi connectivity index (χ4n) is 1.54. The maximum atomic E-state index is 11.0. The van der Waals surface area contributed by atoms with E-state index < -0.39 is 18.1 Å². The van der Waals surface area contributed by atoms with E-state index in [0.717, 1.165) is 0 Å². The number of benzene rings is 1. The van der Waals surface area contributed by atoms with Gasteiger partial charge in [-0.25, -0.2) is 5.84 Å². The third kappa shape index (κ3) is 4.49. The molecule has 1 amide bonds. The molecule has 0 spiro atoms. The number of amides is 1. The smallest absolute Gasteiger partial charge is 0.271 e. The van der Waals surface area contributed by atoms with E-state index in [9.17, 15) is 15.0 Å². The van der Waals surface area contributed by atoms with Crippen molar-refractivity contribution in [3.63, 3.8) is 0 Å². The van der Waals surface area contributed by atoms with E-state index in [0.29, 0.717) is 5.56 Å². The van der Waals surface area contributed by atoms with Crippen molar-refractivity contribution in [2.24, 2.45) is 5.84 Å². The second-order valence-corrected chi connectivity index (χ2v) is 3.92. The summed E-state index contributed by atoms with van der Waals surface area (Å²) in [7, 11) is 0. The molecule has 7 nitrogen and oxygen atoms in total. The molecule has 2 atom stereocenters. The van der Waals surface area contributed by atoms with Crippen molar-refractivity contribution >= 4 is 5.91 Å². The van der Waals surface area contributed by atoms with Crippen molar-refractivity contribution in [1.82, 2.24) is 5.43 Å². The summed E-state index contributed by atoms with van der Waals surface area (Å²) in [6, 6.07) is 6.47. The van der Waals surface area contributed by atoms with Crippen LogP contribution in [-0.4, -0.2) is 40.5 Å². The van der Waals surface area contributed by atoms with E-state index in [-0.39, 0.29) is 25.4 Å². The monoisotopic (exact) mass is 270 g/mol. The first-order valence-electron chi connectivity index (χ1n) is 5.78. The Morgan fingerprint density at radius 1 is 1.37 bits per heavy atom. The molecule has 1 aromatic carbocycles. The van der Waals surface area contributed by atoms with Crippen molar-refractivity contribution in [3.05, 3.63) is 29.8 Å². The predicted octanol–water partition coefficient (Wildman–Crippen LogP) is -1.17. The van der Waals surface area contributed by atoms with Crippen LogP contribution in [0.1, 0.15) is 18.1 Å². The van der Waals surface area contributed by atoms with Crippen LogP contribution < -0.4 is 16.0 Å². The Bertz CT molecular complexity index is 413. The van der Waals surface area contributed by atoms with Gasteiger partial charge in [0, 0.05) is 12.2 Å². The summed E-state index contributed by atoms with van der Waals surface area (Å²) in [5.74, 6) is 4.69. The van der Waals surface area contributed by atoms with Gasteiger partial charge in [0.15, 0.2) is 6.61 Å². The van der Waals surface area contributed by atoms with Gasteiger partial charge in [0.2, 0.25) is 0 Å². The molecular formula is C12H18N2O5. The Kier molecular flexibility index (Phi) is 6.23. The van der Waals surface area contributed by atoms with Crippen molar-refractivity contribution in [1.29, 1.82) is 0 Å². The molecule has 2 unspecified atom stereocenters. The topological polar surface area (TPSA) is 125 Å². The average molecular weight is 270 g/mol. The molecule has 0 aliphatic rings. The number of nitrogens with two attached hydrogens (primary N) is 1. The lowest BCUT2D eigenvalue weighted by molar-refractivity contribution is -0.123. The van der Waals surface area contributed by atoms with Gasteiger partial charge in [-0.3, -0.25) is 10.2 Å². The molecular weight excluding hydrogens is 252 g/mol. The van der Waals surface area contributed by atoms with Crippen LogP contribution in [0.2, 0.25) is 0 Å². The van der Waals surface area contributed by atoms with Crippen molar-refractivity contribution in [2.75, 3.05) is 13.2 Å². The number of ether oxygens (including phenoxy) is 1.